The van der Waals surface area contributed by atoms with Crippen LogP contribution in [0.4, 0.5) is 0 Å². The fraction of sp³-hybridized carbons (Fsp3) is 0.185. The van der Waals surface area contributed by atoms with Crippen LogP contribution in [0.25, 0.3) is 11.5 Å². The zero-order valence-corrected chi connectivity index (χ0v) is 19.4. The van der Waals surface area contributed by atoms with E-state index in [0.717, 1.165) is 27.7 Å². The summed E-state index contributed by atoms with van der Waals surface area (Å²) >= 11 is 0. The molecule has 0 aliphatic carbocycles. The third-order valence-electron chi connectivity index (χ3n) is 6.84. The van der Waals surface area contributed by atoms with Gasteiger partial charge in [0.05, 0.1) is 35.6 Å². The SMILES string of the molecule is Cc1ccc(-n2nc3c(c2-n2cccc2)CN(C(=O)CN2C(=O)c4ccccc4C2=O)C3)cc1C. The zero-order valence-electron chi connectivity index (χ0n) is 19.4. The largest absolute Gasteiger partial charge is 0.331 e. The lowest BCUT2D eigenvalue weighted by Gasteiger charge is -2.20. The van der Waals surface area contributed by atoms with E-state index in [1.54, 1.807) is 29.2 Å². The number of nitrogens with zero attached hydrogens (tertiary/aromatic N) is 5. The zero-order chi connectivity index (χ0) is 24.3. The minimum atomic E-state index is -0.427. The number of amides is 3. The van der Waals surface area contributed by atoms with Crippen LogP contribution in [-0.4, -0.2) is 48.4 Å². The van der Waals surface area contributed by atoms with Gasteiger partial charge >= 0.3 is 0 Å². The molecule has 2 aromatic carbocycles. The van der Waals surface area contributed by atoms with Crippen molar-refractivity contribution in [3.63, 3.8) is 0 Å². The van der Waals surface area contributed by atoms with Crippen LogP contribution in [0.1, 0.15) is 43.1 Å². The van der Waals surface area contributed by atoms with Crippen molar-refractivity contribution >= 4 is 17.7 Å². The predicted octanol–water partition coefficient (Wildman–Crippen LogP) is 3.42. The molecular formula is C27H23N5O3. The quantitative estimate of drug-likeness (QED) is 0.433. The summed E-state index contributed by atoms with van der Waals surface area (Å²) in [5, 5.41) is 4.87. The van der Waals surface area contributed by atoms with Crippen LogP contribution < -0.4 is 0 Å². The summed E-state index contributed by atoms with van der Waals surface area (Å²) < 4.78 is 3.92. The van der Waals surface area contributed by atoms with E-state index in [9.17, 15) is 14.4 Å². The fourth-order valence-corrected chi connectivity index (χ4v) is 4.77. The maximum Gasteiger partial charge on any atom is 0.262 e. The first-order valence-electron chi connectivity index (χ1n) is 11.5. The number of carbonyl (C=O) groups excluding carboxylic acids is 3. The molecule has 0 fully saturated rings. The van der Waals surface area contributed by atoms with Gasteiger partial charge in [-0.2, -0.15) is 5.10 Å². The van der Waals surface area contributed by atoms with Gasteiger partial charge in [0.15, 0.2) is 0 Å². The number of hydrogen-bond acceptors (Lipinski definition) is 4. The monoisotopic (exact) mass is 465 g/mol. The van der Waals surface area contributed by atoms with Crippen LogP contribution in [0.15, 0.2) is 67.0 Å². The highest BCUT2D eigenvalue weighted by molar-refractivity contribution is 6.22. The number of imide groups is 1. The van der Waals surface area contributed by atoms with Gasteiger partial charge in [-0.15, -0.1) is 0 Å². The number of hydrogen-bond donors (Lipinski definition) is 0. The summed E-state index contributed by atoms with van der Waals surface area (Å²) in [7, 11) is 0. The molecule has 0 saturated carbocycles. The molecule has 0 radical (unpaired) electrons. The van der Waals surface area contributed by atoms with Crippen LogP contribution in [0.3, 0.4) is 0 Å². The second-order valence-electron chi connectivity index (χ2n) is 9.01. The number of aryl methyl sites for hydroxylation is 2. The molecule has 0 saturated heterocycles. The third-order valence-corrected chi connectivity index (χ3v) is 6.84. The van der Waals surface area contributed by atoms with E-state index in [1.807, 2.05) is 39.8 Å². The second-order valence-corrected chi connectivity index (χ2v) is 9.01. The third kappa shape index (κ3) is 3.29. The molecule has 3 amide bonds. The molecule has 0 unspecified atom stereocenters. The molecule has 6 rings (SSSR count). The van der Waals surface area contributed by atoms with Crippen LogP contribution in [0, 0.1) is 13.8 Å². The highest BCUT2D eigenvalue weighted by Gasteiger charge is 2.39. The van der Waals surface area contributed by atoms with E-state index < -0.39 is 11.8 Å². The maximum absolute atomic E-state index is 13.2. The Morgan fingerprint density at radius 1 is 0.886 bits per heavy atom. The number of fused-ring (bicyclic) bond motifs is 2. The lowest BCUT2D eigenvalue weighted by molar-refractivity contribution is -0.132. The van der Waals surface area contributed by atoms with E-state index in [1.165, 1.54) is 11.1 Å². The van der Waals surface area contributed by atoms with Gasteiger partial charge < -0.3 is 9.47 Å². The number of rotatable bonds is 4. The van der Waals surface area contributed by atoms with Gasteiger partial charge in [-0.1, -0.05) is 18.2 Å². The summed E-state index contributed by atoms with van der Waals surface area (Å²) in [6.07, 6.45) is 3.91. The molecule has 2 aliphatic rings. The molecule has 2 aliphatic heterocycles. The summed E-state index contributed by atoms with van der Waals surface area (Å²) in [6, 6.07) is 16.8. The predicted molar refractivity (Wildman–Crippen MR) is 128 cm³/mol. The standard InChI is InChI=1S/C27H23N5O3/c1-17-9-10-19(13-18(17)2)32-25(29-11-5-6-12-29)22-14-30(15-23(22)28-32)24(33)16-31-26(34)20-7-3-4-8-21(20)27(31)35/h3-13H,14-16H2,1-2H3. The van der Waals surface area contributed by atoms with E-state index in [-0.39, 0.29) is 12.5 Å². The Bertz CT molecular complexity index is 1480. The second kappa shape index (κ2) is 7.80. The van der Waals surface area contributed by atoms with Crippen LogP contribution in [0.5, 0.6) is 0 Å². The number of aromatic nitrogens is 3. The average molecular weight is 466 g/mol. The van der Waals surface area contributed by atoms with Gasteiger partial charge in [0, 0.05) is 18.0 Å². The Hall–Kier alpha value is -4.46. The Morgan fingerprint density at radius 3 is 2.23 bits per heavy atom. The van der Waals surface area contributed by atoms with E-state index >= 15 is 0 Å². The summed E-state index contributed by atoms with van der Waals surface area (Å²) in [5.74, 6) is -0.259. The summed E-state index contributed by atoms with van der Waals surface area (Å²) in [4.78, 5) is 41.3. The van der Waals surface area contributed by atoms with Gasteiger partial charge in [0.1, 0.15) is 12.4 Å². The minimum Gasteiger partial charge on any atom is -0.331 e. The molecule has 0 N–H and O–H groups in total. The van der Waals surface area contributed by atoms with Crippen LogP contribution in [-0.2, 0) is 17.9 Å². The van der Waals surface area contributed by atoms with Crippen molar-refractivity contribution in [2.24, 2.45) is 0 Å². The molecule has 35 heavy (non-hydrogen) atoms. The molecule has 4 heterocycles. The van der Waals surface area contributed by atoms with Gasteiger partial charge in [-0.25, -0.2) is 4.68 Å². The first-order chi connectivity index (χ1) is 16.9. The van der Waals surface area contributed by atoms with Crippen molar-refractivity contribution in [2.45, 2.75) is 26.9 Å². The smallest absolute Gasteiger partial charge is 0.262 e. The molecule has 8 nitrogen and oxygen atoms in total. The Balaban J connectivity index is 1.29. The van der Waals surface area contributed by atoms with Crippen molar-refractivity contribution in [1.29, 1.82) is 0 Å². The van der Waals surface area contributed by atoms with E-state index in [2.05, 4.69) is 26.0 Å². The Labute approximate surface area is 202 Å². The molecule has 174 valence electrons. The molecule has 0 atom stereocenters. The lowest BCUT2D eigenvalue weighted by atomic mass is 10.1. The van der Waals surface area contributed by atoms with Gasteiger partial charge in [0.25, 0.3) is 11.8 Å². The van der Waals surface area contributed by atoms with E-state index in [0.29, 0.717) is 24.2 Å². The van der Waals surface area contributed by atoms with Gasteiger partial charge in [-0.3, -0.25) is 19.3 Å². The molecule has 8 heteroatoms. The van der Waals surface area contributed by atoms with Crippen LogP contribution >= 0.6 is 0 Å². The maximum atomic E-state index is 13.2. The van der Waals surface area contributed by atoms with Crippen molar-refractivity contribution < 1.29 is 14.4 Å². The van der Waals surface area contributed by atoms with Gasteiger partial charge in [-0.05, 0) is 61.4 Å². The minimum absolute atomic E-state index is 0.284. The summed E-state index contributed by atoms with van der Waals surface area (Å²) in [6.45, 7) is 4.55. The van der Waals surface area contributed by atoms with Crippen molar-refractivity contribution in [3.8, 4) is 11.5 Å². The van der Waals surface area contributed by atoms with E-state index in [4.69, 9.17) is 5.10 Å². The first kappa shape index (κ1) is 21.1. The lowest BCUT2D eigenvalue weighted by Crippen LogP contribution is -2.41. The van der Waals surface area contributed by atoms with Crippen molar-refractivity contribution in [2.75, 3.05) is 6.54 Å². The fourth-order valence-electron chi connectivity index (χ4n) is 4.77. The molecule has 4 aromatic rings. The van der Waals surface area contributed by atoms with Crippen molar-refractivity contribution in [1.82, 2.24) is 24.1 Å². The van der Waals surface area contributed by atoms with Crippen molar-refractivity contribution in [3.05, 3.63) is 101 Å². The first-order valence-corrected chi connectivity index (χ1v) is 11.5. The number of carbonyl (C=O) groups is 3. The molecule has 0 spiro atoms. The normalized spacial score (nSPS) is 14.6. The average Bonchev–Trinajstić information content (AvgIpc) is 3.62. The highest BCUT2D eigenvalue weighted by atomic mass is 16.2. The molecule has 0 bridgehead atoms. The molecular weight excluding hydrogens is 442 g/mol. The highest BCUT2D eigenvalue weighted by Crippen LogP contribution is 2.31. The molecule has 2 aromatic heterocycles. The van der Waals surface area contributed by atoms with Crippen LogP contribution in [0.2, 0.25) is 0 Å². The Morgan fingerprint density at radius 2 is 1.57 bits per heavy atom. The Kier molecular flexibility index (Phi) is 4.70. The number of benzene rings is 2. The van der Waals surface area contributed by atoms with Gasteiger partial charge in [0.2, 0.25) is 5.91 Å². The topological polar surface area (TPSA) is 80.4 Å². The summed E-state index contributed by atoms with van der Waals surface area (Å²) in [5.41, 5.74) is 5.78.